The second-order valence-electron chi connectivity index (χ2n) is 7.56. The van der Waals surface area contributed by atoms with Gasteiger partial charge in [0.1, 0.15) is 17.2 Å². The molecule has 30 heavy (non-hydrogen) atoms. The molecule has 0 unspecified atom stereocenters. The fraction of sp³-hybridized carbons (Fsp3) is 0.333. The van der Waals surface area contributed by atoms with Gasteiger partial charge in [0.05, 0.1) is 4.47 Å². The first-order valence-electron chi connectivity index (χ1n) is 10.3. The minimum Gasteiger partial charge on any atom is -0.477 e. The lowest BCUT2D eigenvalue weighted by molar-refractivity contribution is -0.134. The van der Waals surface area contributed by atoms with Gasteiger partial charge in [-0.15, -0.1) is 0 Å². The lowest BCUT2D eigenvalue weighted by Crippen LogP contribution is -2.27. The summed E-state index contributed by atoms with van der Waals surface area (Å²) in [6.07, 6.45) is 8.71. The summed E-state index contributed by atoms with van der Waals surface area (Å²) < 4.78 is 6.66. The zero-order chi connectivity index (χ0) is 21.3. The van der Waals surface area contributed by atoms with E-state index >= 15 is 0 Å². The SMILES string of the molecule is O=C(CCC1CCCCC1)N/C(=C/c1ccc(Oc2ccccc2Br)cc1)C(=O)O. The number of halogens is 1. The molecule has 0 radical (unpaired) electrons. The van der Waals surface area contributed by atoms with Crippen LogP contribution < -0.4 is 10.1 Å². The van der Waals surface area contributed by atoms with Gasteiger partial charge in [-0.25, -0.2) is 4.79 Å². The van der Waals surface area contributed by atoms with Gasteiger partial charge in [-0.2, -0.15) is 0 Å². The van der Waals surface area contributed by atoms with Crippen LogP contribution in [0.25, 0.3) is 6.08 Å². The van der Waals surface area contributed by atoms with Gasteiger partial charge < -0.3 is 15.2 Å². The average molecular weight is 472 g/mol. The Balaban J connectivity index is 1.59. The number of carbonyl (C=O) groups is 2. The van der Waals surface area contributed by atoms with Crippen molar-refractivity contribution in [3.05, 3.63) is 64.3 Å². The summed E-state index contributed by atoms with van der Waals surface area (Å²) >= 11 is 3.44. The van der Waals surface area contributed by atoms with Gasteiger partial charge in [-0.05, 0) is 64.2 Å². The zero-order valence-electron chi connectivity index (χ0n) is 16.8. The molecule has 0 heterocycles. The van der Waals surface area contributed by atoms with Crippen LogP contribution >= 0.6 is 15.9 Å². The number of hydrogen-bond donors (Lipinski definition) is 2. The van der Waals surface area contributed by atoms with Crippen molar-refractivity contribution < 1.29 is 19.4 Å². The molecule has 0 saturated heterocycles. The Kier molecular flexibility index (Phi) is 8.08. The highest BCUT2D eigenvalue weighted by Gasteiger charge is 2.17. The van der Waals surface area contributed by atoms with E-state index in [-0.39, 0.29) is 11.6 Å². The zero-order valence-corrected chi connectivity index (χ0v) is 18.4. The topological polar surface area (TPSA) is 75.6 Å². The fourth-order valence-corrected chi connectivity index (χ4v) is 3.99. The number of carbonyl (C=O) groups excluding carboxylic acids is 1. The molecule has 6 heteroatoms. The van der Waals surface area contributed by atoms with Crippen LogP contribution in [0.1, 0.15) is 50.5 Å². The third-order valence-corrected chi connectivity index (χ3v) is 5.92. The number of carboxylic acids is 1. The maximum absolute atomic E-state index is 12.2. The molecular formula is C24H26BrNO4. The number of aliphatic carboxylic acids is 1. The molecule has 1 aliphatic rings. The van der Waals surface area contributed by atoms with E-state index in [0.717, 1.165) is 10.9 Å². The van der Waals surface area contributed by atoms with Crippen LogP contribution in [0.15, 0.2) is 58.7 Å². The standard InChI is InChI=1S/C24H26BrNO4/c25-20-8-4-5-9-22(20)30-19-13-10-18(11-14-19)16-21(24(28)29)26-23(27)15-12-17-6-2-1-3-7-17/h4-5,8-11,13-14,16-17H,1-3,6-7,12,15H2,(H,26,27)(H,28,29)/b21-16+. The van der Waals surface area contributed by atoms with Crippen molar-refractivity contribution in [2.75, 3.05) is 0 Å². The molecule has 0 bridgehead atoms. The Labute approximate surface area is 185 Å². The number of rotatable bonds is 8. The fourth-order valence-electron chi connectivity index (χ4n) is 3.63. The lowest BCUT2D eigenvalue weighted by atomic mass is 9.86. The van der Waals surface area contributed by atoms with Gasteiger partial charge in [0, 0.05) is 6.42 Å². The van der Waals surface area contributed by atoms with Crippen LogP contribution in [0, 0.1) is 5.92 Å². The van der Waals surface area contributed by atoms with Crippen molar-refractivity contribution in [2.45, 2.75) is 44.9 Å². The molecule has 2 N–H and O–H groups in total. The number of nitrogens with one attached hydrogen (secondary N) is 1. The molecule has 5 nitrogen and oxygen atoms in total. The molecule has 1 fully saturated rings. The van der Waals surface area contributed by atoms with Gasteiger partial charge in [0.25, 0.3) is 0 Å². The smallest absolute Gasteiger partial charge is 0.352 e. The Hall–Kier alpha value is -2.60. The number of carboxylic acid groups (broad SMARTS) is 1. The Bertz CT molecular complexity index is 902. The van der Waals surface area contributed by atoms with Gasteiger partial charge in [-0.1, -0.05) is 56.4 Å². The maximum Gasteiger partial charge on any atom is 0.352 e. The summed E-state index contributed by atoms with van der Waals surface area (Å²) in [4.78, 5) is 23.8. The summed E-state index contributed by atoms with van der Waals surface area (Å²) in [5.74, 6) is 0.501. The minimum atomic E-state index is -1.16. The number of benzene rings is 2. The highest BCUT2D eigenvalue weighted by molar-refractivity contribution is 9.10. The van der Waals surface area contributed by atoms with Crippen molar-refractivity contribution in [1.29, 1.82) is 0 Å². The van der Waals surface area contributed by atoms with Crippen LogP contribution in [0.3, 0.4) is 0 Å². The van der Waals surface area contributed by atoms with Crippen LogP contribution in [-0.2, 0) is 9.59 Å². The highest BCUT2D eigenvalue weighted by Crippen LogP contribution is 2.29. The minimum absolute atomic E-state index is 0.122. The molecular weight excluding hydrogens is 446 g/mol. The Morgan fingerprint density at radius 3 is 2.43 bits per heavy atom. The summed E-state index contributed by atoms with van der Waals surface area (Å²) in [5, 5.41) is 12.0. The lowest BCUT2D eigenvalue weighted by Gasteiger charge is -2.21. The summed E-state index contributed by atoms with van der Waals surface area (Å²) in [5.41, 5.74) is 0.544. The molecule has 158 valence electrons. The predicted octanol–water partition coefficient (Wildman–Crippen LogP) is 6.14. The molecule has 1 aliphatic carbocycles. The quantitative estimate of drug-likeness (QED) is 0.453. The summed E-state index contributed by atoms with van der Waals surface area (Å²) in [6, 6.07) is 14.6. The van der Waals surface area contributed by atoms with E-state index in [0.29, 0.717) is 29.4 Å². The molecule has 1 amide bonds. The maximum atomic E-state index is 12.2. The molecule has 0 aromatic heterocycles. The third-order valence-electron chi connectivity index (χ3n) is 5.26. The molecule has 0 spiro atoms. The first kappa shape index (κ1) is 22.1. The predicted molar refractivity (Wildman–Crippen MR) is 120 cm³/mol. The Morgan fingerprint density at radius 2 is 1.77 bits per heavy atom. The van der Waals surface area contributed by atoms with Crippen LogP contribution in [0.2, 0.25) is 0 Å². The van der Waals surface area contributed by atoms with Crippen LogP contribution in [-0.4, -0.2) is 17.0 Å². The van der Waals surface area contributed by atoms with Crippen LogP contribution in [0.5, 0.6) is 11.5 Å². The van der Waals surface area contributed by atoms with Gasteiger partial charge >= 0.3 is 5.97 Å². The molecule has 0 aliphatic heterocycles. The normalized spacial score (nSPS) is 14.9. The van der Waals surface area contributed by atoms with Crippen LogP contribution in [0.4, 0.5) is 0 Å². The summed E-state index contributed by atoms with van der Waals surface area (Å²) in [6.45, 7) is 0. The molecule has 3 rings (SSSR count). The first-order chi connectivity index (χ1) is 14.5. The van der Waals surface area contributed by atoms with Crippen molar-refractivity contribution in [1.82, 2.24) is 5.32 Å². The van der Waals surface area contributed by atoms with E-state index in [1.54, 1.807) is 24.3 Å². The second-order valence-corrected chi connectivity index (χ2v) is 8.41. The second kappa shape index (κ2) is 11.0. The van der Waals surface area contributed by atoms with Crippen molar-refractivity contribution in [3.63, 3.8) is 0 Å². The van der Waals surface area contributed by atoms with Crippen molar-refractivity contribution in [3.8, 4) is 11.5 Å². The number of amides is 1. The van der Waals surface area contributed by atoms with Gasteiger partial charge in [-0.3, -0.25) is 4.79 Å². The van der Waals surface area contributed by atoms with E-state index in [4.69, 9.17) is 4.74 Å². The number of hydrogen-bond acceptors (Lipinski definition) is 3. The number of ether oxygens (including phenoxy) is 1. The van der Waals surface area contributed by atoms with E-state index in [1.807, 2.05) is 24.3 Å². The first-order valence-corrected chi connectivity index (χ1v) is 11.1. The third kappa shape index (κ3) is 6.73. The molecule has 1 saturated carbocycles. The van der Waals surface area contributed by atoms with E-state index in [9.17, 15) is 14.7 Å². The molecule has 2 aromatic carbocycles. The average Bonchev–Trinajstić information content (AvgIpc) is 2.75. The Morgan fingerprint density at radius 1 is 1.07 bits per heavy atom. The van der Waals surface area contributed by atoms with Gasteiger partial charge in [0.2, 0.25) is 5.91 Å². The summed E-state index contributed by atoms with van der Waals surface area (Å²) in [7, 11) is 0. The largest absolute Gasteiger partial charge is 0.477 e. The van der Waals surface area contributed by atoms with Crippen molar-refractivity contribution in [2.24, 2.45) is 5.92 Å². The number of para-hydroxylation sites is 1. The highest BCUT2D eigenvalue weighted by atomic mass is 79.9. The van der Waals surface area contributed by atoms with E-state index in [1.165, 1.54) is 38.2 Å². The monoisotopic (exact) mass is 471 g/mol. The molecule has 0 atom stereocenters. The van der Waals surface area contributed by atoms with E-state index < -0.39 is 5.97 Å². The molecule has 2 aromatic rings. The van der Waals surface area contributed by atoms with Gasteiger partial charge in [0.15, 0.2) is 0 Å². The van der Waals surface area contributed by atoms with Crippen molar-refractivity contribution >= 4 is 33.9 Å². The van der Waals surface area contributed by atoms with E-state index in [2.05, 4.69) is 21.2 Å².